The summed E-state index contributed by atoms with van der Waals surface area (Å²) in [5.74, 6) is 0.196. The molecule has 0 aromatic carbocycles. The summed E-state index contributed by atoms with van der Waals surface area (Å²) in [6.07, 6.45) is 0.652. The van der Waals surface area contributed by atoms with Crippen LogP contribution < -0.4 is 0 Å². The SMILES string of the molecule is CC1(C)C(CC(Cl)Cl)C1C(=O)Cl. The zero-order valence-corrected chi connectivity index (χ0v) is 9.25. The second kappa shape index (κ2) is 3.36. The summed E-state index contributed by atoms with van der Waals surface area (Å²) in [6, 6.07) is 0. The molecule has 0 bridgehead atoms. The van der Waals surface area contributed by atoms with Gasteiger partial charge in [-0.05, 0) is 29.4 Å². The van der Waals surface area contributed by atoms with Crippen LogP contribution in [0.2, 0.25) is 0 Å². The molecule has 1 aliphatic carbocycles. The van der Waals surface area contributed by atoms with E-state index in [0.29, 0.717) is 6.42 Å². The summed E-state index contributed by atoms with van der Waals surface area (Å²) in [5.41, 5.74) is -0.0130. The van der Waals surface area contributed by atoms with E-state index in [1.807, 2.05) is 13.8 Å². The van der Waals surface area contributed by atoms with E-state index in [2.05, 4.69) is 0 Å². The van der Waals surface area contributed by atoms with E-state index >= 15 is 0 Å². The Balaban J connectivity index is 2.54. The molecule has 70 valence electrons. The molecule has 1 nitrogen and oxygen atoms in total. The molecule has 1 fully saturated rings. The number of carbonyl (C=O) groups is 1. The minimum Gasteiger partial charge on any atom is -0.281 e. The molecule has 0 N–H and O–H groups in total. The lowest BCUT2D eigenvalue weighted by molar-refractivity contribution is -0.113. The first-order valence-corrected chi connectivity index (χ1v) is 5.10. The molecule has 0 heterocycles. The molecule has 0 aromatic rings. The Kier molecular flexibility index (Phi) is 2.97. The monoisotopic (exact) mass is 228 g/mol. The van der Waals surface area contributed by atoms with Crippen LogP contribution in [-0.4, -0.2) is 10.1 Å². The maximum absolute atomic E-state index is 10.9. The van der Waals surface area contributed by atoms with Gasteiger partial charge in [0.1, 0.15) is 4.84 Å². The smallest absolute Gasteiger partial charge is 0.225 e. The first-order valence-electron chi connectivity index (χ1n) is 3.85. The van der Waals surface area contributed by atoms with Crippen LogP contribution in [0.25, 0.3) is 0 Å². The predicted molar refractivity (Wildman–Crippen MR) is 51.7 cm³/mol. The zero-order valence-electron chi connectivity index (χ0n) is 6.98. The first kappa shape index (κ1) is 10.6. The predicted octanol–water partition coefficient (Wildman–Crippen LogP) is 3.22. The average Bonchev–Trinajstić information content (AvgIpc) is 2.32. The number of rotatable bonds is 3. The van der Waals surface area contributed by atoms with Gasteiger partial charge in [-0.25, -0.2) is 0 Å². The van der Waals surface area contributed by atoms with Crippen molar-refractivity contribution in [2.75, 3.05) is 0 Å². The molecule has 1 saturated carbocycles. The van der Waals surface area contributed by atoms with Crippen LogP contribution in [0.5, 0.6) is 0 Å². The molecule has 1 rings (SSSR count). The topological polar surface area (TPSA) is 17.1 Å². The normalized spacial score (nSPS) is 32.2. The van der Waals surface area contributed by atoms with Crippen molar-refractivity contribution in [3.63, 3.8) is 0 Å². The van der Waals surface area contributed by atoms with E-state index in [4.69, 9.17) is 34.8 Å². The van der Waals surface area contributed by atoms with Gasteiger partial charge in [0.05, 0.1) is 0 Å². The van der Waals surface area contributed by atoms with Gasteiger partial charge >= 0.3 is 0 Å². The van der Waals surface area contributed by atoms with Crippen molar-refractivity contribution in [2.24, 2.45) is 17.3 Å². The molecule has 4 heteroatoms. The van der Waals surface area contributed by atoms with Gasteiger partial charge in [0, 0.05) is 5.92 Å². The first-order chi connectivity index (χ1) is 5.37. The number of carbonyl (C=O) groups excluding carboxylic acids is 1. The summed E-state index contributed by atoms with van der Waals surface area (Å²) < 4.78 is 0. The van der Waals surface area contributed by atoms with Crippen molar-refractivity contribution >= 4 is 40.0 Å². The third kappa shape index (κ3) is 1.89. The molecule has 0 radical (unpaired) electrons. The number of alkyl halides is 2. The van der Waals surface area contributed by atoms with Crippen LogP contribution in [-0.2, 0) is 4.79 Å². The summed E-state index contributed by atoms with van der Waals surface area (Å²) in [7, 11) is 0. The third-order valence-electron chi connectivity index (χ3n) is 2.73. The lowest BCUT2D eigenvalue weighted by Crippen LogP contribution is -1.96. The molecule has 0 aliphatic heterocycles. The number of halogens is 3. The van der Waals surface area contributed by atoms with Gasteiger partial charge in [-0.2, -0.15) is 0 Å². The van der Waals surface area contributed by atoms with E-state index in [1.54, 1.807) is 0 Å². The van der Waals surface area contributed by atoms with Gasteiger partial charge < -0.3 is 0 Å². The van der Waals surface area contributed by atoms with E-state index in [-0.39, 0.29) is 22.5 Å². The van der Waals surface area contributed by atoms with Crippen LogP contribution in [0.3, 0.4) is 0 Å². The Morgan fingerprint density at radius 3 is 2.25 bits per heavy atom. The van der Waals surface area contributed by atoms with Gasteiger partial charge in [0.15, 0.2) is 0 Å². The maximum Gasteiger partial charge on any atom is 0.225 e. The van der Waals surface area contributed by atoms with Crippen molar-refractivity contribution in [3.05, 3.63) is 0 Å². The minimum absolute atomic E-state index is 0.0130. The lowest BCUT2D eigenvalue weighted by Gasteiger charge is -2.01. The van der Waals surface area contributed by atoms with Crippen molar-refractivity contribution in [2.45, 2.75) is 25.1 Å². The minimum atomic E-state index is -0.393. The fraction of sp³-hybridized carbons (Fsp3) is 0.875. The highest BCUT2D eigenvalue weighted by Gasteiger charge is 2.60. The van der Waals surface area contributed by atoms with Crippen LogP contribution in [0.4, 0.5) is 0 Å². The molecule has 2 atom stereocenters. The molecule has 0 amide bonds. The lowest BCUT2D eigenvalue weighted by atomic mass is 10.1. The molecular weight excluding hydrogens is 218 g/mol. The molecule has 0 saturated heterocycles. The van der Waals surface area contributed by atoms with Gasteiger partial charge in [-0.3, -0.25) is 4.79 Å². The summed E-state index contributed by atoms with van der Waals surface area (Å²) in [5, 5.41) is -0.265. The highest BCUT2D eigenvalue weighted by molar-refractivity contribution is 6.64. The Bertz CT molecular complexity index is 200. The quantitative estimate of drug-likeness (QED) is 0.536. The highest BCUT2D eigenvalue weighted by atomic mass is 35.5. The second-order valence-electron chi connectivity index (χ2n) is 3.84. The van der Waals surface area contributed by atoms with E-state index < -0.39 is 4.84 Å². The van der Waals surface area contributed by atoms with Gasteiger partial charge in [-0.1, -0.05) is 13.8 Å². The molecule has 0 aromatic heterocycles. The maximum atomic E-state index is 10.9. The molecular formula is C8H11Cl3O. The Morgan fingerprint density at radius 1 is 1.50 bits per heavy atom. The molecule has 0 spiro atoms. The van der Waals surface area contributed by atoms with Crippen LogP contribution in [0, 0.1) is 17.3 Å². The number of hydrogen-bond donors (Lipinski definition) is 0. The van der Waals surface area contributed by atoms with Crippen molar-refractivity contribution in [1.29, 1.82) is 0 Å². The van der Waals surface area contributed by atoms with E-state index in [0.717, 1.165) is 0 Å². The summed E-state index contributed by atoms with van der Waals surface area (Å²) >= 11 is 16.7. The Hall–Kier alpha value is 0.540. The third-order valence-corrected chi connectivity index (χ3v) is 3.32. The summed E-state index contributed by atoms with van der Waals surface area (Å²) in [6.45, 7) is 4.03. The summed E-state index contributed by atoms with van der Waals surface area (Å²) in [4.78, 5) is 10.5. The Morgan fingerprint density at radius 2 is 2.00 bits per heavy atom. The molecule has 2 unspecified atom stereocenters. The standard InChI is InChI=1S/C8H11Cl3O/c1-8(2)4(3-5(9)10)6(8)7(11)12/h4-6H,3H2,1-2H3. The molecule has 1 aliphatic rings. The zero-order chi connectivity index (χ0) is 9.52. The van der Waals surface area contributed by atoms with Crippen LogP contribution in [0.1, 0.15) is 20.3 Å². The van der Waals surface area contributed by atoms with Crippen molar-refractivity contribution < 1.29 is 4.79 Å². The van der Waals surface area contributed by atoms with E-state index in [9.17, 15) is 4.79 Å². The highest BCUT2D eigenvalue weighted by Crippen LogP contribution is 2.61. The average molecular weight is 230 g/mol. The van der Waals surface area contributed by atoms with Gasteiger partial charge in [0.25, 0.3) is 0 Å². The largest absolute Gasteiger partial charge is 0.281 e. The van der Waals surface area contributed by atoms with Crippen LogP contribution >= 0.6 is 34.8 Å². The van der Waals surface area contributed by atoms with Gasteiger partial charge in [0.2, 0.25) is 5.24 Å². The van der Waals surface area contributed by atoms with Crippen molar-refractivity contribution in [1.82, 2.24) is 0 Å². The van der Waals surface area contributed by atoms with Gasteiger partial charge in [-0.15, -0.1) is 23.2 Å². The van der Waals surface area contributed by atoms with E-state index in [1.165, 1.54) is 0 Å². The van der Waals surface area contributed by atoms with Crippen molar-refractivity contribution in [3.8, 4) is 0 Å². The molecule has 12 heavy (non-hydrogen) atoms. The Labute approximate surface area is 87.4 Å². The fourth-order valence-electron chi connectivity index (χ4n) is 1.83. The number of hydrogen-bond acceptors (Lipinski definition) is 1. The second-order valence-corrected chi connectivity index (χ2v) is 5.49. The van der Waals surface area contributed by atoms with Crippen LogP contribution in [0.15, 0.2) is 0 Å². The fourth-order valence-corrected chi connectivity index (χ4v) is 2.64.